The van der Waals surface area contributed by atoms with Gasteiger partial charge in [-0.2, -0.15) is 5.10 Å². The molecular weight excluding hydrogens is 708 g/mol. The van der Waals surface area contributed by atoms with E-state index in [9.17, 15) is 28.6 Å². The van der Waals surface area contributed by atoms with Crippen LogP contribution in [-0.2, 0) is 17.9 Å². The van der Waals surface area contributed by atoms with Gasteiger partial charge in [0.05, 0.1) is 29.3 Å². The Balaban J connectivity index is 1.03. The van der Waals surface area contributed by atoms with Crippen molar-refractivity contribution in [3.63, 3.8) is 0 Å². The minimum Gasteiger partial charge on any atom is -0.481 e. The molecule has 55 heavy (non-hydrogen) atoms. The Morgan fingerprint density at radius 2 is 1.71 bits per heavy atom. The number of anilines is 3. The Morgan fingerprint density at radius 3 is 2.42 bits per heavy atom. The first-order valence-electron chi connectivity index (χ1n) is 18.7. The smallest absolute Gasteiger partial charge is 0.307 e. The van der Waals surface area contributed by atoms with Crippen LogP contribution in [0.3, 0.4) is 0 Å². The van der Waals surface area contributed by atoms with E-state index in [1.54, 1.807) is 12.3 Å². The van der Waals surface area contributed by atoms with Crippen LogP contribution in [0.1, 0.15) is 76.8 Å². The number of amides is 1. The Kier molecular flexibility index (Phi) is 10.0. The summed E-state index contributed by atoms with van der Waals surface area (Å²) in [4.78, 5) is 42.4. The summed E-state index contributed by atoms with van der Waals surface area (Å²) in [5.41, 5.74) is 7.40. The molecule has 3 aliphatic heterocycles. The fourth-order valence-corrected chi connectivity index (χ4v) is 8.22. The number of alkyl halides is 2. The average Bonchev–Trinajstić information content (AvgIpc) is 3.93. The van der Waals surface area contributed by atoms with Gasteiger partial charge < -0.3 is 20.8 Å². The topological polar surface area (TPSA) is 162 Å². The lowest BCUT2D eigenvalue weighted by Crippen LogP contribution is -2.32. The summed E-state index contributed by atoms with van der Waals surface area (Å²) < 4.78 is 30.0. The Morgan fingerprint density at radius 1 is 0.945 bits per heavy atom. The van der Waals surface area contributed by atoms with Gasteiger partial charge in [-0.3, -0.25) is 29.1 Å². The maximum Gasteiger partial charge on any atom is 0.307 e. The molecule has 5 aromatic rings. The highest BCUT2D eigenvalue weighted by atomic mass is 19.3. The van der Waals surface area contributed by atoms with Gasteiger partial charge in [-0.05, 0) is 98.2 Å². The second-order valence-electron chi connectivity index (χ2n) is 14.8. The Labute approximate surface area is 316 Å². The van der Waals surface area contributed by atoms with Crippen molar-refractivity contribution in [1.29, 1.82) is 0 Å². The quantitative estimate of drug-likeness (QED) is 0.128. The molecule has 0 unspecified atom stereocenters. The lowest BCUT2D eigenvalue weighted by Gasteiger charge is -2.31. The number of halogens is 2. The van der Waals surface area contributed by atoms with E-state index in [2.05, 4.69) is 40.5 Å². The molecular formula is C40H43F2N9O4. The maximum atomic E-state index is 14.0. The lowest BCUT2D eigenvalue weighted by atomic mass is 9.94. The molecule has 2 aromatic carbocycles. The molecule has 0 radical (unpaired) electrons. The zero-order chi connectivity index (χ0) is 38.4. The summed E-state index contributed by atoms with van der Waals surface area (Å²) >= 11 is 0. The summed E-state index contributed by atoms with van der Waals surface area (Å²) in [6.45, 7) is 7.57. The van der Waals surface area contributed by atoms with E-state index in [0.29, 0.717) is 73.7 Å². The number of aryl methyl sites for hydroxylation is 1. The third-order valence-electron chi connectivity index (χ3n) is 11.2. The first-order chi connectivity index (χ1) is 26.5. The van der Waals surface area contributed by atoms with Crippen LogP contribution in [0, 0.1) is 19.8 Å². The maximum absolute atomic E-state index is 14.0. The van der Waals surface area contributed by atoms with Crippen molar-refractivity contribution in [2.45, 2.75) is 71.2 Å². The molecule has 0 aliphatic carbocycles. The molecule has 3 aliphatic rings. The summed E-state index contributed by atoms with van der Waals surface area (Å²) in [7, 11) is 0. The lowest BCUT2D eigenvalue weighted by molar-refractivity contribution is -0.141. The number of aliphatic carboxylic acids is 1. The van der Waals surface area contributed by atoms with Crippen LogP contribution in [0.4, 0.5) is 26.0 Å². The molecule has 6 heterocycles. The van der Waals surface area contributed by atoms with E-state index in [1.165, 1.54) is 0 Å². The number of nitrogens with one attached hydrogen (secondary N) is 2. The molecule has 2 fully saturated rings. The van der Waals surface area contributed by atoms with E-state index < -0.39 is 18.2 Å². The summed E-state index contributed by atoms with van der Waals surface area (Å²) in [5, 5.41) is 30.4. The highest BCUT2D eigenvalue weighted by molar-refractivity contribution is 6.04. The molecule has 3 atom stereocenters. The van der Waals surface area contributed by atoms with E-state index >= 15 is 0 Å². The van der Waals surface area contributed by atoms with Gasteiger partial charge in [0.15, 0.2) is 17.3 Å². The summed E-state index contributed by atoms with van der Waals surface area (Å²) in [6.07, 6.45) is 1.52. The van der Waals surface area contributed by atoms with Gasteiger partial charge in [0.25, 0.3) is 12.3 Å². The van der Waals surface area contributed by atoms with Crippen LogP contribution in [0.2, 0.25) is 0 Å². The molecule has 1 amide bonds. The number of rotatable bonds is 10. The van der Waals surface area contributed by atoms with E-state index in [0.717, 1.165) is 52.9 Å². The number of β-amino-alcohol motifs (C(OH)–C–C–N with tert-alkyl or cyclic N) is 1. The highest BCUT2D eigenvalue weighted by Crippen LogP contribution is 2.37. The van der Waals surface area contributed by atoms with Gasteiger partial charge in [0.2, 0.25) is 0 Å². The van der Waals surface area contributed by atoms with Gasteiger partial charge in [0, 0.05) is 50.3 Å². The number of pyridine rings is 1. The predicted molar refractivity (Wildman–Crippen MR) is 202 cm³/mol. The highest BCUT2D eigenvalue weighted by Gasteiger charge is 2.36. The molecule has 2 saturated heterocycles. The van der Waals surface area contributed by atoms with Gasteiger partial charge in [0.1, 0.15) is 5.52 Å². The zero-order valence-electron chi connectivity index (χ0n) is 30.7. The van der Waals surface area contributed by atoms with Crippen molar-refractivity contribution in [1.82, 2.24) is 34.5 Å². The predicted octanol–water partition coefficient (Wildman–Crippen LogP) is 6.25. The number of nitrogens with zero attached hydrogens (tertiary/aromatic N) is 7. The number of fused-ring (bicyclic) bond motifs is 2. The first kappa shape index (κ1) is 36.6. The van der Waals surface area contributed by atoms with E-state index in [4.69, 9.17) is 0 Å². The van der Waals surface area contributed by atoms with E-state index in [1.807, 2.05) is 61.0 Å². The summed E-state index contributed by atoms with van der Waals surface area (Å²) in [6, 6.07) is 15.0. The number of aliphatic hydroxyl groups excluding tert-OH is 1. The van der Waals surface area contributed by atoms with Gasteiger partial charge in [-0.1, -0.05) is 24.3 Å². The third kappa shape index (κ3) is 7.39. The molecule has 0 saturated carbocycles. The number of hydrogen-bond acceptors (Lipinski definition) is 10. The van der Waals surface area contributed by atoms with Gasteiger partial charge >= 0.3 is 5.97 Å². The van der Waals surface area contributed by atoms with Crippen LogP contribution in [0.15, 0.2) is 54.7 Å². The third-order valence-corrected chi connectivity index (χ3v) is 11.2. The number of carboxylic acid groups (broad SMARTS) is 1. The molecule has 0 bridgehead atoms. The minimum atomic E-state index is -2.89. The first-order valence-corrected chi connectivity index (χ1v) is 18.7. The Hall–Kier alpha value is -5.38. The van der Waals surface area contributed by atoms with Crippen molar-refractivity contribution in [3.8, 4) is 11.1 Å². The Bertz CT molecular complexity index is 2280. The number of carbonyl (C=O) groups excluding carboxylic acids is 1. The van der Waals surface area contributed by atoms with Crippen molar-refractivity contribution in [2.75, 3.05) is 36.8 Å². The van der Waals surface area contributed by atoms with E-state index in [-0.39, 0.29) is 29.8 Å². The van der Waals surface area contributed by atoms with Crippen molar-refractivity contribution in [2.24, 2.45) is 5.92 Å². The van der Waals surface area contributed by atoms with Gasteiger partial charge in [-0.15, -0.1) is 0 Å². The number of hydrogen-bond donors (Lipinski definition) is 4. The van der Waals surface area contributed by atoms with Crippen LogP contribution in [0.25, 0.3) is 22.2 Å². The molecule has 13 nitrogen and oxygen atoms in total. The normalized spacial score (nSPS) is 20.3. The van der Waals surface area contributed by atoms with Crippen molar-refractivity contribution >= 4 is 40.1 Å². The summed E-state index contributed by atoms with van der Waals surface area (Å²) in [5.74, 6) is -1.92. The minimum absolute atomic E-state index is 0.0206. The van der Waals surface area contributed by atoms with Crippen molar-refractivity contribution in [3.05, 3.63) is 88.6 Å². The number of aromatic nitrogens is 5. The fourth-order valence-electron chi connectivity index (χ4n) is 8.22. The molecule has 286 valence electrons. The molecule has 4 N–H and O–H groups in total. The monoisotopic (exact) mass is 751 g/mol. The number of aliphatic hydroxyl groups is 1. The SMILES string of the molecule is Cc1c(NC(=O)c2cc3n(n2)CCC[C@H]3N2CC[C@@H](C(=O)O)C2)cccc1-c1cccc(Nc2nc(C(F)F)nc3cc(CN4CC[C@@H](O)C4)cnc23)c1C. The molecule has 0 spiro atoms. The second-order valence-corrected chi connectivity index (χ2v) is 14.8. The number of carbonyl (C=O) groups is 2. The second kappa shape index (κ2) is 15.0. The number of likely N-dealkylation sites (tertiary alicyclic amines) is 2. The standard InChI is InChI=1S/C40H43F2N9O4/c1-22-27(6-3-8-29(22)44-37-35-31(45-38(47-37)36(41)42)16-24(18-43-35)19-49-14-12-26(52)21-49)28-7-4-9-30(23(28)2)46-39(53)32-17-34-33(10-5-13-51(34)48-32)50-15-11-25(20-50)40(54)55/h3-4,6-9,16-18,25-26,33,36,52H,5,10-15,19-21H2,1-2H3,(H,46,53)(H,54,55)(H,44,45,47)/t25-,26-,33-/m1/s1. The fraction of sp³-hybridized carbons (Fsp3) is 0.400. The zero-order valence-corrected chi connectivity index (χ0v) is 30.7. The van der Waals surface area contributed by atoms with Crippen LogP contribution >= 0.6 is 0 Å². The van der Waals surface area contributed by atoms with Crippen molar-refractivity contribution < 1.29 is 28.6 Å². The average molecular weight is 752 g/mol. The van der Waals surface area contributed by atoms with Crippen LogP contribution in [0.5, 0.6) is 0 Å². The molecule has 15 heteroatoms. The molecule has 8 rings (SSSR count). The molecule has 3 aromatic heterocycles. The number of carboxylic acids is 1. The van der Waals surface area contributed by atoms with Gasteiger partial charge in [-0.25, -0.2) is 18.7 Å². The van der Waals surface area contributed by atoms with Crippen LogP contribution in [-0.4, -0.2) is 88.9 Å². The van der Waals surface area contributed by atoms with Crippen LogP contribution < -0.4 is 10.6 Å². The largest absolute Gasteiger partial charge is 0.481 e. The number of benzene rings is 2.